The van der Waals surface area contributed by atoms with Crippen LogP contribution in [-0.4, -0.2) is 11.0 Å². The van der Waals surface area contributed by atoms with Crippen molar-refractivity contribution in [3.63, 3.8) is 0 Å². The van der Waals surface area contributed by atoms with Gasteiger partial charge >= 0.3 is 0 Å². The van der Waals surface area contributed by atoms with Gasteiger partial charge in [-0.1, -0.05) is 34.1 Å². The monoisotopic (exact) mass is 274 g/mol. The summed E-state index contributed by atoms with van der Waals surface area (Å²) in [5, 5.41) is 9.04. The van der Waals surface area contributed by atoms with Gasteiger partial charge in [0.2, 0.25) is 0 Å². The quantitative estimate of drug-likeness (QED) is 0.833. The molecule has 1 rings (SSSR count). The van der Waals surface area contributed by atoms with Gasteiger partial charge in [-0.05, 0) is 29.7 Å². The Morgan fingerprint density at radius 2 is 2.21 bits per heavy atom. The standard InChI is InChI=1S/C11H12BrClO/c12-11-5-4-9(3-1-2-6-13)7-10(11)8-14/h1,3-5,7,14H,2,6,8H2. The Balaban J connectivity index is 2.79. The van der Waals surface area contributed by atoms with E-state index in [2.05, 4.69) is 15.9 Å². The van der Waals surface area contributed by atoms with Crippen LogP contribution in [0.15, 0.2) is 28.7 Å². The van der Waals surface area contributed by atoms with E-state index in [0.29, 0.717) is 5.88 Å². The highest BCUT2D eigenvalue weighted by Crippen LogP contribution is 2.19. The number of halogens is 2. The molecule has 0 amide bonds. The maximum atomic E-state index is 9.04. The third kappa shape index (κ3) is 3.45. The minimum absolute atomic E-state index is 0.0533. The van der Waals surface area contributed by atoms with Gasteiger partial charge in [-0.15, -0.1) is 11.6 Å². The summed E-state index contributed by atoms with van der Waals surface area (Å²) in [7, 11) is 0. The minimum Gasteiger partial charge on any atom is -0.392 e. The Kier molecular flexibility index (Phi) is 5.23. The Labute approximate surface area is 97.5 Å². The molecule has 0 bridgehead atoms. The molecule has 0 aliphatic carbocycles. The molecule has 0 saturated carbocycles. The first-order chi connectivity index (χ1) is 6.77. The normalized spacial score (nSPS) is 11.1. The van der Waals surface area contributed by atoms with E-state index in [9.17, 15) is 0 Å². The highest BCUT2D eigenvalue weighted by atomic mass is 79.9. The van der Waals surface area contributed by atoms with Crippen molar-refractivity contribution in [2.24, 2.45) is 0 Å². The lowest BCUT2D eigenvalue weighted by Crippen LogP contribution is -1.85. The molecule has 0 radical (unpaired) electrons. The number of aliphatic hydroxyl groups excluding tert-OH is 1. The van der Waals surface area contributed by atoms with Crippen LogP contribution in [0.5, 0.6) is 0 Å². The van der Waals surface area contributed by atoms with Crippen LogP contribution in [0.3, 0.4) is 0 Å². The maximum Gasteiger partial charge on any atom is 0.0693 e. The fourth-order valence-electron chi connectivity index (χ4n) is 1.10. The van der Waals surface area contributed by atoms with Gasteiger partial charge in [0, 0.05) is 10.4 Å². The van der Waals surface area contributed by atoms with E-state index in [-0.39, 0.29) is 6.61 Å². The number of alkyl halides is 1. The number of aliphatic hydroxyl groups is 1. The number of hydrogen-bond acceptors (Lipinski definition) is 1. The summed E-state index contributed by atoms with van der Waals surface area (Å²) in [5.41, 5.74) is 1.99. The van der Waals surface area contributed by atoms with Crippen molar-refractivity contribution in [3.05, 3.63) is 39.9 Å². The molecule has 0 aromatic heterocycles. The molecule has 0 spiro atoms. The first-order valence-electron chi connectivity index (χ1n) is 4.39. The Morgan fingerprint density at radius 1 is 1.43 bits per heavy atom. The number of allylic oxidation sites excluding steroid dienone is 1. The summed E-state index contributed by atoms with van der Waals surface area (Å²) >= 11 is 8.92. The van der Waals surface area contributed by atoms with Crippen molar-refractivity contribution >= 4 is 33.6 Å². The molecule has 3 heteroatoms. The molecular weight excluding hydrogens is 263 g/mol. The molecule has 0 unspecified atom stereocenters. The van der Waals surface area contributed by atoms with Crippen LogP contribution in [0, 0.1) is 0 Å². The average Bonchev–Trinajstić information content (AvgIpc) is 2.21. The van der Waals surface area contributed by atoms with Gasteiger partial charge in [0.05, 0.1) is 6.61 Å². The number of benzene rings is 1. The van der Waals surface area contributed by atoms with Crippen molar-refractivity contribution in [2.45, 2.75) is 13.0 Å². The molecule has 1 aromatic carbocycles. The molecule has 0 aliphatic heterocycles. The number of rotatable bonds is 4. The summed E-state index contributed by atoms with van der Waals surface area (Å²) in [4.78, 5) is 0. The average molecular weight is 276 g/mol. The predicted octanol–water partition coefficient (Wildman–Crippen LogP) is 3.58. The fraction of sp³-hybridized carbons (Fsp3) is 0.273. The second-order valence-electron chi connectivity index (χ2n) is 2.89. The largest absolute Gasteiger partial charge is 0.392 e. The molecule has 0 atom stereocenters. The lowest BCUT2D eigenvalue weighted by Gasteiger charge is -2.01. The molecule has 1 N–H and O–H groups in total. The zero-order valence-corrected chi connectivity index (χ0v) is 10.1. The van der Waals surface area contributed by atoms with E-state index in [0.717, 1.165) is 22.0 Å². The molecular formula is C11H12BrClO. The first-order valence-corrected chi connectivity index (χ1v) is 5.72. The van der Waals surface area contributed by atoms with Crippen LogP contribution >= 0.6 is 27.5 Å². The highest BCUT2D eigenvalue weighted by Gasteiger charge is 1.97. The van der Waals surface area contributed by atoms with Gasteiger partial charge in [-0.25, -0.2) is 0 Å². The van der Waals surface area contributed by atoms with Crippen LogP contribution in [0.1, 0.15) is 17.5 Å². The fourth-order valence-corrected chi connectivity index (χ4v) is 1.60. The van der Waals surface area contributed by atoms with Crippen molar-refractivity contribution in [2.75, 3.05) is 5.88 Å². The van der Waals surface area contributed by atoms with Crippen molar-refractivity contribution < 1.29 is 5.11 Å². The van der Waals surface area contributed by atoms with Crippen molar-refractivity contribution in [1.29, 1.82) is 0 Å². The lowest BCUT2D eigenvalue weighted by molar-refractivity contribution is 0.281. The van der Waals surface area contributed by atoms with E-state index in [4.69, 9.17) is 16.7 Å². The Morgan fingerprint density at radius 3 is 2.86 bits per heavy atom. The van der Waals surface area contributed by atoms with Gasteiger partial charge in [0.25, 0.3) is 0 Å². The van der Waals surface area contributed by atoms with E-state index >= 15 is 0 Å². The molecule has 1 aromatic rings. The second kappa shape index (κ2) is 6.23. The molecule has 76 valence electrons. The third-order valence-corrected chi connectivity index (χ3v) is 2.82. The van der Waals surface area contributed by atoms with Crippen LogP contribution < -0.4 is 0 Å². The molecule has 14 heavy (non-hydrogen) atoms. The predicted molar refractivity (Wildman–Crippen MR) is 64.4 cm³/mol. The topological polar surface area (TPSA) is 20.2 Å². The van der Waals surface area contributed by atoms with Crippen molar-refractivity contribution in [3.8, 4) is 0 Å². The van der Waals surface area contributed by atoms with Crippen molar-refractivity contribution in [1.82, 2.24) is 0 Å². The summed E-state index contributed by atoms with van der Waals surface area (Å²) < 4.78 is 0.939. The van der Waals surface area contributed by atoms with Crippen LogP contribution in [0.2, 0.25) is 0 Å². The number of hydrogen-bond donors (Lipinski definition) is 1. The van der Waals surface area contributed by atoms with E-state index in [1.807, 2.05) is 30.4 Å². The first kappa shape index (κ1) is 11.8. The highest BCUT2D eigenvalue weighted by molar-refractivity contribution is 9.10. The van der Waals surface area contributed by atoms with Gasteiger partial charge in [-0.2, -0.15) is 0 Å². The third-order valence-electron chi connectivity index (χ3n) is 1.83. The summed E-state index contributed by atoms with van der Waals surface area (Å²) in [6.07, 6.45) is 4.90. The van der Waals surface area contributed by atoms with E-state index in [1.54, 1.807) is 0 Å². The van der Waals surface area contributed by atoms with E-state index < -0.39 is 0 Å². The second-order valence-corrected chi connectivity index (χ2v) is 4.12. The van der Waals surface area contributed by atoms with Gasteiger partial charge in [-0.3, -0.25) is 0 Å². The summed E-state index contributed by atoms with van der Waals surface area (Å²) in [6, 6.07) is 5.88. The van der Waals surface area contributed by atoms with Gasteiger partial charge in [0.15, 0.2) is 0 Å². The molecule has 0 aliphatic rings. The molecule has 0 fully saturated rings. The Hall–Kier alpha value is -0.310. The van der Waals surface area contributed by atoms with Gasteiger partial charge < -0.3 is 5.11 Å². The van der Waals surface area contributed by atoms with Crippen LogP contribution in [0.25, 0.3) is 6.08 Å². The molecule has 0 heterocycles. The van der Waals surface area contributed by atoms with Gasteiger partial charge in [0.1, 0.15) is 0 Å². The SMILES string of the molecule is OCc1cc(C=CCCCl)ccc1Br. The van der Waals surface area contributed by atoms with Crippen LogP contribution in [0.4, 0.5) is 0 Å². The summed E-state index contributed by atoms with van der Waals surface area (Å²) in [5.74, 6) is 0.639. The zero-order chi connectivity index (χ0) is 10.4. The summed E-state index contributed by atoms with van der Waals surface area (Å²) in [6.45, 7) is 0.0533. The lowest BCUT2D eigenvalue weighted by atomic mass is 10.1. The minimum atomic E-state index is 0.0533. The maximum absolute atomic E-state index is 9.04. The van der Waals surface area contributed by atoms with Crippen LogP contribution in [-0.2, 0) is 6.61 Å². The molecule has 0 saturated heterocycles. The molecule has 1 nitrogen and oxygen atoms in total. The smallest absolute Gasteiger partial charge is 0.0693 e. The van der Waals surface area contributed by atoms with E-state index in [1.165, 1.54) is 0 Å². The Bertz CT molecular complexity index is 323. The zero-order valence-electron chi connectivity index (χ0n) is 7.71.